The number of carbonyl (C=O) groups excluding carboxylic acids is 1. The fraction of sp³-hybridized carbons (Fsp3) is 0.717. The third kappa shape index (κ3) is 48.7. The first-order valence-electron chi connectivity index (χ1n) is 24.8. The van der Waals surface area contributed by atoms with Crippen LogP contribution in [0.2, 0.25) is 0 Å². The van der Waals surface area contributed by atoms with Crippen molar-refractivity contribution in [1.82, 2.24) is 0 Å². The molecule has 0 aliphatic rings. The van der Waals surface area contributed by atoms with E-state index < -0.39 is 13.9 Å². The average molecular weight is 889 g/mol. The van der Waals surface area contributed by atoms with Gasteiger partial charge in [-0.1, -0.05) is 176 Å². The lowest BCUT2D eigenvalue weighted by molar-refractivity contribution is -0.870. The predicted octanol–water partition coefficient (Wildman–Crippen LogP) is 15.2. The largest absolute Gasteiger partial charge is 0.472 e. The molecule has 2 unspecified atom stereocenters. The summed E-state index contributed by atoms with van der Waals surface area (Å²) in [5, 5.41) is 0. The van der Waals surface area contributed by atoms with Crippen LogP contribution in [0.15, 0.2) is 85.1 Å². The highest BCUT2D eigenvalue weighted by atomic mass is 31.2. The van der Waals surface area contributed by atoms with Crippen LogP contribution in [0.4, 0.5) is 0 Å². The quantitative estimate of drug-likeness (QED) is 0.0214. The van der Waals surface area contributed by atoms with Crippen LogP contribution in [0, 0.1) is 0 Å². The zero-order valence-electron chi connectivity index (χ0n) is 40.6. The van der Waals surface area contributed by atoms with Crippen LogP contribution >= 0.6 is 7.82 Å². The summed E-state index contributed by atoms with van der Waals surface area (Å²) >= 11 is 0. The van der Waals surface area contributed by atoms with Gasteiger partial charge in [-0.15, -0.1) is 0 Å². The van der Waals surface area contributed by atoms with Gasteiger partial charge in [0.05, 0.1) is 34.4 Å². The van der Waals surface area contributed by atoms with E-state index in [-0.39, 0.29) is 25.8 Å². The van der Waals surface area contributed by atoms with E-state index in [0.717, 1.165) is 83.5 Å². The van der Waals surface area contributed by atoms with Crippen molar-refractivity contribution in [3.05, 3.63) is 85.1 Å². The number of rotatable bonds is 45. The molecule has 0 spiro atoms. The molecule has 2 atom stereocenters. The summed E-state index contributed by atoms with van der Waals surface area (Å²) in [4.78, 5) is 23.0. The number of nitrogens with zero attached hydrogens (tertiary/aromatic N) is 1. The van der Waals surface area contributed by atoms with Gasteiger partial charge in [-0.3, -0.25) is 13.8 Å². The summed E-state index contributed by atoms with van der Waals surface area (Å²) in [6.45, 7) is 5.44. The van der Waals surface area contributed by atoms with E-state index in [9.17, 15) is 14.3 Å². The summed E-state index contributed by atoms with van der Waals surface area (Å²) in [5.41, 5.74) is 0. The second-order valence-corrected chi connectivity index (χ2v) is 18.9. The van der Waals surface area contributed by atoms with Crippen molar-refractivity contribution >= 4 is 13.8 Å². The Balaban J connectivity index is 4.23. The Morgan fingerprint density at radius 2 is 0.935 bits per heavy atom. The molecule has 0 amide bonds. The second-order valence-electron chi connectivity index (χ2n) is 17.5. The van der Waals surface area contributed by atoms with Crippen LogP contribution in [0.25, 0.3) is 0 Å². The second kappa shape index (κ2) is 45.3. The molecule has 0 rings (SSSR count). The van der Waals surface area contributed by atoms with Gasteiger partial charge < -0.3 is 18.9 Å². The Morgan fingerprint density at radius 3 is 1.40 bits per heavy atom. The fourth-order valence-electron chi connectivity index (χ4n) is 6.37. The first-order valence-corrected chi connectivity index (χ1v) is 26.3. The van der Waals surface area contributed by atoms with E-state index in [1.54, 1.807) is 0 Å². The third-order valence-electron chi connectivity index (χ3n) is 10.2. The normalized spacial score (nSPS) is 14.4. The standard InChI is InChI=1S/C53H94NO7P/c1-6-8-10-12-14-16-18-20-22-24-25-26-27-28-29-30-32-34-36-38-40-42-44-46-53(55)61-52(51-60-62(56,57)59-49-47-54(3,4)5)50-58-48-45-43-41-39-37-35-33-31-23-21-19-17-15-13-11-9-7-2/h8,10,14,16-17,19-20,22-23,25-26,28-29,31,52H,6-7,9,11-13,15,18,21,24,27,30,32-51H2,1-5H3/p+1/b10-8-,16-14-,19-17-,22-20-,26-25-,29-28-,31-23-. The van der Waals surface area contributed by atoms with Crippen LogP contribution in [-0.2, 0) is 27.9 Å². The minimum absolute atomic E-state index is 0.0795. The molecular weight excluding hydrogens is 794 g/mol. The van der Waals surface area contributed by atoms with Crippen LogP contribution in [0.1, 0.15) is 187 Å². The van der Waals surface area contributed by atoms with Crippen molar-refractivity contribution in [1.29, 1.82) is 0 Å². The van der Waals surface area contributed by atoms with Crippen molar-refractivity contribution in [2.75, 3.05) is 54.1 Å². The molecule has 1 N–H and O–H groups in total. The SMILES string of the molecule is CC/C=C\C/C=C\C/C=C\C/C=C\C/C=C\CCCCCCCCCC(=O)OC(COCCCCCCCC/C=C\C/C=C\CCCCCC)COP(=O)(O)OCC[N+](C)(C)C. The summed E-state index contributed by atoms with van der Waals surface area (Å²) in [7, 11) is 1.64. The van der Waals surface area contributed by atoms with Gasteiger partial charge in [0, 0.05) is 13.0 Å². The topological polar surface area (TPSA) is 91.3 Å². The van der Waals surface area contributed by atoms with E-state index in [0.29, 0.717) is 24.1 Å². The van der Waals surface area contributed by atoms with Gasteiger partial charge in [-0.05, 0) is 89.9 Å². The number of hydrogen-bond donors (Lipinski definition) is 1. The van der Waals surface area contributed by atoms with E-state index >= 15 is 0 Å². The van der Waals surface area contributed by atoms with Gasteiger partial charge in [0.15, 0.2) is 0 Å². The van der Waals surface area contributed by atoms with Crippen LogP contribution < -0.4 is 0 Å². The Bertz CT molecular complexity index is 1260. The molecule has 9 heteroatoms. The van der Waals surface area contributed by atoms with Crippen LogP contribution in [0.5, 0.6) is 0 Å². The van der Waals surface area contributed by atoms with Crippen LogP contribution in [0.3, 0.4) is 0 Å². The van der Waals surface area contributed by atoms with E-state index in [1.165, 1.54) is 83.5 Å². The smallest absolute Gasteiger partial charge is 0.457 e. The molecule has 62 heavy (non-hydrogen) atoms. The lowest BCUT2D eigenvalue weighted by Crippen LogP contribution is -2.37. The lowest BCUT2D eigenvalue weighted by Gasteiger charge is -2.24. The molecule has 0 aromatic rings. The Labute approximate surface area is 382 Å². The molecule has 0 saturated heterocycles. The van der Waals surface area contributed by atoms with Gasteiger partial charge >= 0.3 is 13.8 Å². The van der Waals surface area contributed by atoms with E-state index in [1.807, 2.05) is 21.1 Å². The maximum absolute atomic E-state index is 12.8. The molecule has 0 aliphatic heterocycles. The maximum atomic E-state index is 12.8. The third-order valence-corrected chi connectivity index (χ3v) is 11.2. The first-order chi connectivity index (χ1) is 30.1. The highest BCUT2D eigenvalue weighted by molar-refractivity contribution is 7.47. The van der Waals surface area contributed by atoms with Gasteiger partial charge in [0.2, 0.25) is 0 Å². The number of phosphoric ester groups is 1. The zero-order chi connectivity index (χ0) is 45.5. The number of quaternary nitrogens is 1. The molecule has 8 nitrogen and oxygen atoms in total. The van der Waals surface area contributed by atoms with Gasteiger partial charge in [-0.2, -0.15) is 0 Å². The highest BCUT2D eigenvalue weighted by Gasteiger charge is 2.26. The molecule has 0 aromatic carbocycles. The van der Waals surface area contributed by atoms with Gasteiger partial charge in [-0.25, -0.2) is 4.57 Å². The van der Waals surface area contributed by atoms with Crippen LogP contribution in [-0.4, -0.2) is 75.6 Å². The van der Waals surface area contributed by atoms with Crippen molar-refractivity contribution in [3.8, 4) is 0 Å². The average Bonchev–Trinajstić information content (AvgIpc) is 3.23. The molecule has 0 aliphatic carbocycles. The van der Waals surface area contributed by atoms with Gasteiger partial charge in [0.25, 0.3) is 0 Å². The van der Waals surface area contributed by atoms with E-state index in [4.69, 9.17) is 18.5 Å². The summed E-state index contributed by atoms with van der Waals surface area (Å²) in [6.07, 6.45) is 60.5. The van der Waals surface area contributed by atoms with Crippen molar-refractivity contribution in [2.45, 2.75) is 193 Å². The van der Waals surface area contributed by atoms with Gasteiger partial charge in [0.1, 0.15) is 19.3 Å². The van der Waals surface area contributed by atoms with Crippen molar-refractivity contribution in [3.63, 3.8) is 0 Å². The Kier molecular flexibility index (Phi) is 43.6. The molecule has 0 heterocycles. The number of phosphoric acid groups is 1. The van der Waals surface area contributed by atoms with Crippen molar-refractivity contribution < 1.29 is 37.3 Å². The molecule has 0 bridgehead atoms. The summed E-state index contributed by atoms with van der Waals surface area (Å²) in [5.74, 6) is -0.331. The van der Waals surface area contributed by atoms with E-state index in [2.05, 4.69) is 98.9 Å². The molecule has 0 saturated carbocycles. The predicted molar refractivity (Wildman–Crippen MR) is 265 cm³/mol. The number of likely N-dealkylation sites (N-methyl/N-ethyl adjacent to an activating group) is 1. The minimum Gasteiger partial charge on any atom is -0.457 e. The number of allylic oxidation sites excluding steroid dienone is 14. The molecule has 0 fully saturated rings. The first kappa shape index (κ1) is 59.7. The summed E-state index contributed by atoms with van der Waals surface area (Å²) in [6, 6.07) is 0. The number of unbranched alkanes of at least 4 members (excludes halogenated alkanes) is 17. The molecule has 358 valence electrons. The zero-order valence-corrected chi connectivity index (χ0v) is 41.5. The minimum atomic E-state index is -4.29. The molecule has 0 aromatic heterocycles. The monoisotopic (exact) mass is 889 g/mol. The summed E-state index contributed by atoms with van der Waals surface area (Å²) < 4.78 is 35.1. The Hall–Kier alpha value is -2.32. The molecular formula is C53H95NO7P+. The lowest BCUT2D eigenvalue weighted by atomic mass is 10.1. The Morgan fingerprint density at radius 1 is 0.516 bits per heavy atom. The maximum Gasteiger partial charge on any atom is 0.472 e. The molecule has 0 radical (unpaired) electrons. The number of esters is 1. The highest BCUT2D eigenvalue weighted by Crippen LogP contribution is 2.43. The van der Waals surface area contributed by atoms with Crippen molar-refractivity contribution in [2.24, 2.45) is 0 Å². The fourth-order valence-corrected chi connectivity index (χ4v) is 7.12. The number of ether oxygens (including phenoxy) is 2. The number of carbonyl (C=O) groups is 1. The number of hydrogen-bond acceptors (Lipinski definition) is 6.